The number of carbonyl (C=O) groups excluding carboxylic acids is 2. The van der Waals surface area contributed by atoms with Crippen LogP contribution >= 0.6 is 11.6 Å². The van der Waals surface area contributed by atoms with E-state index in [2.05, 4.69) is 14.4 Å². The normalized spacial score (nSPS) is 22.2. The highest BCUT2D eigenvalue weighted by Gasteiger charge is 2.51. The molecule has 2 aliphatic heterocycles. The quantitative estimate of drug-likeness (QED) is 0.442. The van der Waals surface area contributed by atoms with Gasteiger partial charge in [-0.15, -0.1) is 4.40 Å². The Morgan fingerprint density at radius 1 is 1.18 bits per heavy atom. The minimum Gasteiger partial charge on any atom is -0.341 e. The van der Waals surface area contributed by atoms with E-state index < -0.39 is 48.9 Å². The minimum atomic E-state index is -4.42. The van der Waals surface area contributed by atoms with Crippen molar-refractivity contribution in [1.29, 1.82) is 0 Å². The fraction of sp³-hybridized carbons (Fsp3) is 0.208. The molecule has 0 amide bonds. The summed E-state index contributed by atoms with van der Waals surface area (Å²) in [4.78, 5) is 27.1. The molecule has 1 aromatic heterocycles. The molecule has 2 N–H and O–H groups in total. The number of ketones is 2. The number of amidine groups is 1. The number of nitrogens with one attached hydrogen (secondary N) is 2. The standard InChI is InChI=1S/C24H20ClFN4O6S2/c1-24(12-13-5-7-16(26)15(25)10-13)22(32)20(21(31)18-4-3-9-30(18)24)23-27-17-8-6-14(28-37(2,33)34)11-19(17)38(35,36)29-23/h3-11,20,28H,12H2,1-2H3,(H,27,29). The number of hydrogen-bond donors (Lipinski definition) is 2. The van der Waals surface area contributed by atoms with Crippen molar-refractivity contribution in [2.75, 3.05) is 16.3 Å². The number of anilines is 2. The maximum atomic E-state index is 14.0. The van der Waals surface area contributed by atoms with Gasteiger partial charge in [-0.2, -0.15) is 8.42 Å². The van der Waals surface area contributed by atoms with E-state index in [4.69, 9.17) is 11.6 Å². The largest absolute Gasteiger partial charge is 0.341 e. The number of halogens is 2. The Bertz CT molecular complexity index is 1780. The summed E-state index contributed by atoms with van der Waals surface area (Å²) < 4.78 is 70.5. The molecule has 14 heteroatoms. The van der Waals surface area contributed by atoms with Crippen molar-refractivity contribution >= 4 is 60.4 Å². The van der Waals surface area contributed by atoms with Gasteiger partial charge in [-0.1, -0.05) is 17.7 Å². The first-order chi connectivity index (χ1) is 17.7. The van der Waals surface area contributed by atoms with Crippen LogP contribution in [0.1, 0.15) is 23.0 Å². The van der Waals surface area contributed by atoms with Gasteiger partial charge in [0.25, 0.3) is 10.0 Å². The number of Topliss-reactive ketones (excluding diaryl/α,β-unsaturated/α-hetero) is 2. The fourth-order valence-corrected chi connectivity index (χ4v) is 6.70. The van der Waals surface area contributed by atoms with Crippen LogP contribution in [-0.4, -0.2) is 45.1 Å². The molecule has 0 saturated carbocycles. The lowest BCUT2D eigenvalue weighted by Crippen LogP contribution is -2.55. The van der Waals surface area contributed by atoms with E-state index >= 15 is 0 Å². The number of nitrogens with zero attached hydrogens (tertiary/aromatic N) is 2. The van der Waals surface area contributed by atoms with Crippen LogP contribution in [0.25, 0.3) is 0 Å². The summed E-state index contributed by atoms with van der Waals surface area (Å²) in [6, 6.07) is 10.9. The van der Waals surface area contributed by atoms with E-state index in [1.165, 1.54) is 41.0 Å². The maximum absolute atomic E-state index is 14.0. The number of fused-ring (bicyclic) bond motifs is 2. The maximum Gasteiger partial charge on any atom is 0.286 e. The molecule has 10 nitrogen and oxygen atoms in total. The molecular formula is C24H20ClFN4O6S2. The monoisotopic (exact) mass is 578 g/mol. The van der Waals surface area contributed by atoms with Gasteiger partial charge in [0.05, 0.1) is 22.7 Å². The number of aromatic nitrogens is 1. The summed E-state index contributed by atoms with van der Waals surface area (Å²) in [6.07, 6.45) is 2.53. The third-order valence-electron chi connectivity index (χ3n) is 6.44. The summed E-state index contributed by atoms with van der Waals surface area (Å²) >= 11 is 5.94. The van der Waals surface area contributed by atoms with Crippen molar-refractivity contribution in [3.63, 3.8) is 0 Å². The summed E-state index contributed by atoms with van der Waals surface area (Å²) in [5, 5.41) is 2.66. The molecule has 5 rings (SSSR count). The van der Waals surface area contributed by atoms with E-state index in [0.29, 0.717) is 5.56 Å². The topological polar surface area (TPSA) is 144 Å². The van der Waals surface area contributed by atoms with Crippen molar-refractivity contribution in [2.24, 2.45) is 10.3 Å². The molecule has 0 bridgehead atoms. The van der Waals surface area contributed by atoms with Crippen LogP contribution in [0.2, 0.25) is 5.02 Å². The molecule has 0 fully saturated rings. The summed E-state index contributed by atoms with van der Waals surface area (Å²) in [6.45, 7) is 1.60. The summed E-state index contributed by atoms with van der Waals surface area (Å²) in [7, 11) is -8.09. The Morgan fingerprint density at radius 2 is 1.92 bits per heavy atom. The summed E-state index contributed by atoms with van der Waals surface area (Å²) in [5.74, 6) is -3.83. The molecule has 2 aromatic carbocycles. The Hall–Kier alpha value is -3.55. The van der Waals surface area contributed by atoms with Crippen molar-refractivity contribution < 1.29 is 30.8 Å². The molecule has 2 atom stereocenters. The number of benzene rings is 2. The van der Waals surface area contributed by atoms with E-state index in [1.807, 2.05) is 0 Å². The van der Waals surface area contributed by atoms with Crippen LogP contribution in [0, 0.1) is 11.7 Å². The Kier molecular flexibility index (Phi) is 6.00. The van der Waals surface area contributed by atoms with Gasteiger partial charge in [0, 0.05) is 18.3 Å². The van der Waals surface area contributed by atoms with Crippen LogP contribution in [0.5, 0.6) is 0 Å². The van der Waals surface area contributed by atoms with E-state index in [9.17, 15) is 30.8 Å². The Morgan fingerprint density at radius 3 is 2.61 bits per heavy atom. The minimum absolute atomic E-state index is 0.00320. The van der Waals surface area contributed by atoms with Gasteiger partial charge in [0.1, 0.15) is 28.0 Å². The highest BCUT2D eigenvalue weighted by atomic mass is 35.5. The second-order valence-corrected chi connectivity index (χ2v) is 13.0. The van der Waals surface area contributed by atoms with Gasteiger partial charge in [0.2, 0.25) is 10.0 Å². The van der Waals surface area contributed by atoms with Crippen LogP contribution in [0.3, 0.4) is 0 Å². The Labute approximate surface area is 222 Å². The number of sulfonamides is 2. The zero-order valence-electron chi connectivity index (χ0n) is 19.9. The molecule has 198 valence electrons. The molecular weight excluding hydrogens is 559 g/mol. The van der Waals surface area contributed by atoms with Gasteiger partial charge in [0.15, 0.2) is 11.6 Å². The first-order valence-electron chi connectivity index (χ1n) is 11.1. The number of carbonyl (C=O) groups is 2. The average molecular weight is 579 g/mol. The molecule has 0 radical (unpaired) electrons. The van der Waals surface area contributed by atoms with E-state index in [0.717, 1.165) is 12.3 Å². The zero-order chi connectivity index (χ0) is 27.6. The number of hydrogen-bond acceptors (Lipinski definition) is 7. The van der Waals surface area contributed by atoms with Gasteiger partial charge in [-0.25, -0.2) is 12.8 Å². The van der Waals surface area contributed by atoms with Crippen molar-refractivity contribution in [1.82, 2.24) is 4.57 Å². The molecule has 0 aliphatic carbocycles. The predicted octanol–water partition coefficient (Wildman–Crippen LogP) is 3.20. The van der Waals surface area contributed by atoms with Crippen molar-refractivity contribution in [2.45, 2.75) is 23.8 Å². The van der Waals surface area contributed by atoms with E-state index in [-0.39, 0.29) is 39.2 Å². The number of rotatable bonds is 5. The summed E-state index contributed by atoms with van der Waals surface area (Å²) in [5.41, 5.74) is -0.630. The lowest BCUT2D eigenvalue weighted by molar-refractivity contribution is -0.128. The molecule has 3 heterocycles. The van der Waals surface area contributed by atoms with Crippen molar-refractivity contribution in [3.05, 3.63) is 76.8 Å². The molecule has 38 heavy (non-hydrogen) atoms. The smallest absolute Gasteiger partial charge is 0.286 e. The SMILES string of the molecule is CC1(Cc2ccc(F)c(Cl)c2)C(=O)C(C2=NS(=O)(=O)c3cc(NS(C)(=O)=O)ccc3N2)C(=O)c2cccn21. The van der Waals surface area contributed by atoms with Gasteiger partial charge in [-0.05, 0) is 55.0 Å². The van der Waals surface area contributed by atoms with Crippen LogP contribution in [0.15, 0.2) is 64.0 Å². The van der Waals surface area contributed by atoms with E-state index in [1.54, 1.807) is 19.2 Å². The molecule has 3 aromatic rings. The highest BCUT2D eigenvalue weighted by Crippen LogP contribution is 2.38. The third-order valence-corrected chi connectivity index (χ3v) is 8.66. The lowest BCUT2D eigenvalue weighted by Gasteiger charge is -2.39. The Balaban J connectivity index is 1.57. The van der Waals surface area contributed by atoms with Gasteiger partial charge in [-0.3, -0.25) is 14.3 Å². The lowest BCUT2D eigenvalue weighted by atomic mass is 9.76. The third kappa shape index (κ3) is 4.40. The van der Waals surface area contributed by atoms with Crippen LogP contribution in [0.4, 0.5) is 15.8 Å². The van der Waals surface area contributed by atoms with Crippen LogP contribution in [-0.2, 0) is 36.8 Å². The molecule has 2 aliphatic rings. The highest BCUT2D eigenvalue weighted by molar-refractivity contribution is 7.92. The molecule has 0 spiro atoms. The molecule has 0 saturated heterocycles. The molecule has 2 unspecified atom stereocenters. The first kappa shape index (κ1) is 26.1. The van der Waals surface area contributed by atoms with Crippen LogP contribution < -0.4 is 10.0 Å². The zero-order valence-corrected chi connectivity index (χ0v) is 22.3. The average Bonchev–Trinajstić information content (AvgIpc) is 3.31. The first-order valence-corrected chi connectivity index (χ1v) is 14.8. The second-order valence-electron chi connectivity index (χ2n) is 9.29. The van der Waals surface area contributed by atoms with Gasteiger partial charge < -0.3 is 9.88 Å². The predicted molar refractivity (Wildman–Crippen MR) is 139 cm³/mol. The second kappa shape index (κ2) is 8.75. The van der Waals surface area contributed by atoms with Crippen molar-refractivity contribution in [3.8, 4) is 0 Å². The van der Waals surface area contributed by atoms with Gasteiger partial charge >= 0.3 is 0 Å². The fourth-order valence-electron chi connectivity index (χ4n) is 4.76.